The van der Waals surface area contributed by atoms with E-state index in [9.17, 15) is 39.5 Å². The van der Waals surface area contributed by atoms with Gasteiger partial charge in [-0.05, 0) is 113 Å². The third-order valence-electron chi connectivity index (χ3n) is 8.90. The van der Waals surface area contributed by atoms with E-state index in [2.05, 4.69) is 86.1 Å². The van der Waals surface area contributed by atoms with Crippen molar-refractivity contribution in [2.45, 2.75) is 60.6 Å². The first-order valence-electron chi connectivity index (χ1n) is 22.0. The predicted octanol–water partition coefficient (Wildman–Crippen LogP) is 15.9. The minimum absolute atomic E-state index is 0. The molecule has 0 amide bonds. The van der Waals surface area contributed by atoms with Gasteiger partial charge in [0.25, 0.3) is 0 Å². The van der Waals surface area contributed by atoms with E-state index in [-0.39, 0.29) is 55.8 Å². The van der Waals surface area contributed by atoms with Crippen molar-refractivity contribution < 1.29 is 44.3 Å². The van der Waals surface area contributed by atoms with Crippen LogP contribution in [0.4, 0.5) is 56.7 Å². The van der Waals surface area contributed by atoms with E-state index in [4.69, 9.17) is 10.5 Å². The molecule has 78 heavy (non-hydrogen) atoms. The molecule has 0 aliphatic carbocycles. The molecule has 25 heteroatoms. The molecule has 0 fully saturated rings. The molecule has 10 rings (SSSR count). The summed E-state index contributed by atoms with van der Waals surface area (Å²) in [5.41, 5.74) is 5.25. The number of alkyl halides is 9. The van der Waals surface area contributed by atoms with Crippen LogP contribution in [0.15, 0.2) is 175 Å². The third kappa shape index (κ3) is 20.0. The Morgan fingerprint density at radius 3 is 1.38 bits per heavy atom. The van der Waals surface area contributed by atoms with E-state index in [1.54, 1.807) is 110 Å². The number of benzene rings is 1. The standard InChI is InChI=1S/C18H11F3N4O.C17H11F3N6.C6H3BrF3N.C5H6N2.3CH4.4CH3.Sn/c19-18(20,21)15-10-4-8-13(22-15)16-23-17(14-9-5-11-25(14)24-16)26-12-6-2-1-3-7-12;18-17(19,20)14-5-1-3-12(23-14)15-24-16(13-4-2-10-26(13)25-15)22-11-6-8-21-9-7-11;7-5-3-1-2-4(11-5)6(8,9)10;6-5-1-3-7-4-2-5;;;;;;;;/h1-11H;1-10H,(H,21,22,24,25);1-3H;1-4H,(H2,6,7);3*1H4;4*1H3;. The van der Waals surface area contributed by atoms with Crippen molar-refractivity contribution in [2.75, 3.05) is 11.1 Å². The number of pyridine rings is 5. The first-order valence-corrected chi connectivity index (χ1v) is 34.2. The van der Waals surface area contributed by atoms with Crippen molar-refractivity contribution in [1.29, 1.82) is 0 Å². The van der Waals surface area contributed by atoms with Crippen LogP contribution in [0, 0.1) is 0 Å². The summed E-state index contributed by atoms with van der Waals surface area (Å²) in [4.78, 5) is 36.5. The Balaban J connectivity index is 0.000000287. The molecular weight excluding hydrogens is 1200 g/mol. The quantitative estimate of drug-likeness (QED) is 0.0918. The molecule has 3 N–H and O–H groups in total. The van der Waals surface area contributed by atoms with Crippen LogP contribution in [0.2, 0.25) is 19.8 Å². The Labute approximate surface area is 457 Å². The summed E-state index contributed by atoms with van der Waals surface area (Å²) in [7, 11) is 0. The van der Waals surface area contributed by atoms with Gasteiger partial charge < -0.3 is 15.8 Å². The van der Waals surface area contributed by atoms with Crippen LogP contribution in [0.3, 0.4) is 0 Å². The molecule has 0 atom stereocenters. The van der Waals surface area contributed by atoms with Crippen LogP contribution in [-0.2, 0) is 18.5 Å². The van der Waals surface area contributed by atoms with Crippen molar-refractivity contribution in [3.05, 3.63) is 192 Å². The van der Waals surface area contributed by atoms with Crippen LogP contribution in [0.1, 0.15) is 39.4 Å². The predicted molar refractivity (Wildman–Crippen MR) is 291 cm³/mol. The van der Waals surface area contributed by atoms with E-state index in [1.165, 1.54) is 45.4 Å². The van der Waals surface area contributed by atoms with Crippen LogP contribution < -0.4 is 15.8 Å². The molecule has 0 bridgehead atoms. The first-order chi connectivity index (χ1) is 35.4. The molecule has 10 aromatic rings. The normalized spacial score (nSPS) is 10.9. The minimum atomic E-state index is -4.54. The Hall–Kier alpha value is -7.74. The van der Waals surface area contributed by atoms with Gasteiger partial charge in [0.15, 0.2) is 5.82 Å². The van der Waals surface area contributed by atoms with Crippen molar-refractivity contribution >= 4 is 62.5 Å². The SMILES string of the molecule is C.C.C.FC(F)(F)c1cccc(-c2nc(Nc3ccncc3)c3cccn3n2)n1.FC(F)(F)c1cccc(-c2nc(Oc3ccccc3)c3cccn3n2)n1.FC(F)(F)c1cccc(Br)n1.Nc1ccncc1.[CH3][Sn]([CH3])([CH3])[CH3]. The summed E-state index contributed by atoms with van der Waals surface area (Å²) < 4.78 is 122. The van der Waals surface area contributed by atoms with Crippen molar-refractivity contribution in [3.63, 3.8) is 0 Å². The van der Waals surface area contributed by atoms with Crippen LogP contribution in [-0.4, -0.2) is 72.5 Å². The third-order valence-corrected chi connectivity index (χ3v) is 9.34. The number of nitrogens with two attached hydrogens (primary N) is 1. The van der Waals surface area contributed by atoms with E-state index in [1.807, 2.05) is 6.07 Å². The second-order valence-corrected chi connectivity index (χ2v) is 34.8. The van der Waals surface area contributed by atoms with Crippen molar-refractivity contribution in [3.8, 4) is 34.7 Å². The number of nitrogens with one attached hydrogen (secondary N) is 1. The molecular formula is C53H55BrF9N13OSn. The second kappa shape index (κ2) is 28.6. The fraction of sp³-hybridized carbons (Fsp3) is 0.189. The van der Waals surface area contributed by atoms with Gasteiger partial charge in [-0.1, -0.05) is 58.7 Å². The zero-order chi connectivity index (χ0) is 54.4. The van der Waals surface area contributed by atoms with Crippen LogP contribution in [0.25, 0.3) is 34.1 Å². The second-order valence-electron chi connectivity index (χ2n) is 16.9. The van der Waals surface area contributed by atoms with Gasteiger partial charge in [-0.15, -0.1) is 10.2 Å². The fourth-order valence-corrected chi connectivity index (χ4v) is 6.11. The van der Waals surface area contributed by atoms with Crippen molar-refractivity contribution in [2.24, 2.45) is 0 Å². The number of rotatable bonds is 6. The van der Waals surface area contributed by atoms with Gasteiger partial charge >= 0.3 is 56.7 Å². The summed E-state index contributed by atoms with van der Waals surface area (Å²) in [6.07, 6.45) is -3.53. The van der Waals surface area contributed by atoms with E-state index < -0.39 is 54.0 Å². The van der Waals surface area contributed by atoms with Crippen LogP contribution in [0.5, 0.6) is 11.6 Å². The zero-order valence-electron chi connectivity index (χ0n) is 39.9. The molecule has 0 unspecified atom stereocenters. The maximum absolute atomic E-state index is 12.9. The summed E-state index contributed by atoms with van der Waals surface area (Å²) in [6, 6.07) is 33.9. The van der Waals surface area contributed by atoms with Gasteiger partial charge in [-0.2, -0.15) is 44.5 Å². The molecule has 0 radical (unpaired) electrons. The van der Waals surface area contributed by atoms with E-state index in [0.717, 1.165) is 29.6 Å². The van der Waals surface area contributed by atoms with Gasteiger partial charge in [0.2, 0.25) is 17.5 Å². The summed E-state index contributed by atoms with van der Waals surface area (Å²) in [5, 5.41) is 11.6. The molecule has 9 aromatic heterocycles. The Bertz CT molecular complexity index is 3220. The average molecular weight is 1260 g/mol. The molecule has 0 aliphatic heterocycles. The Morgan fingerprint density at radius 1 is 0.500 bits per heavy atom. The van der Waals surface area contributed by atoms with Crippen molar-refractivity contribution in [1.82, 2.24) is 54.1 Å². The molecule has 0 saturated heterocycles. The van der Waals surface area contributed by atoms with Gasteiger partial charge in [0.1, 0.15) is 49.9 Å². The summed E-state index contributed by atoms with van der Waals surface area (Å²) in [6.45, 7) is 0. The van der Waals surface area contributed by atoms with Gasteiger partial charge in [0, 0.05) is 48.6 Å². The first kappa shape index (κ1) is 64.5. The fourth-order valence-electron chi connectivity index (χ4n) is 5.76. The zero-order valence-corrected chi connectivity index (χ0v) is 44.3. The van der Waals surface area contributed by atoms with E-state index >= 15 is 0 Å². The maximum atomic E-state index is 12.9. The number of nitrogens with zero attached hydrogens (tertiary/aromatic N) is 11. The number of hydrogen-bond acceptors (Lipinski definition) is 12. The number of para-hydroxylation sites is 1. The summed E-state index contributed by atoms with van der Waals surface area (Å²) >= 11 is 1.66. The molecule has 1 aromatic carbocycles. The topological polar surface area (TPSA) is 172 Å². The number of hydrogen-bond donors (Lipinski definition) is 2. The number of anilines is 3. The number of aromatic nitrogens is 11. The molecule has 0 spiro atoms. The number of nitrogen functional groups attached to an aromatic ring is 1. The van der Waals surface area contributed by atoms with E-state index in [0.29, 0.717) is 22.6 Å². The number of halogens is 10. The van der Waals surface area contributed by atoms with Crippen LogP contribution >= 0.6 is 15.9 Å². The Kier molecular flexibility index (Phi) is 23.7. The van der Waals surface area contributed by atoms with Gasteiger partial charge in [-0.25, -0.2) is 29.0 Å². The van der Waals surface area contributed by atoms with Gasteiger partial charge in [0.05, 0.1) is 0 Å². The average Bonchev–Trinajstić information content (AvgIpc) is 4.08. The monoisotopic (exact) mass is 1260 g/mol. The molecule has 14 nitrogen and oxygen atoms in total. The number of ether oxygens (including phenoxy) is 1. The molecule has 412 valence electrons. The summed E-state index contributed by atoms with van der Waals surface area (Å²) in [5.74, 6) is 1.34. The molecule has 9 heterocycles. The Morgan fingerprint density at radius 2 is 0.936 bits per heavy atom. The molecule has 0 aliphatic rings. The number of fused-ring (bicyclic) bond motifs is 2. The van der Waals surface area contributed by atoms with Gasteiger partial charge in [-0.3, -0.25) is 9.97 Å². The molecule has 0 saturated carbocycles.